The van der Waals surface area contributed by atoms with Gasteiger partial charge in [0, 0.05) is 35.2 Å². The van der Waals surface area contributed by atoms with Gasteiger partial charge in [-0.2, -0.15) is 16.3 Å². The van der Waals surface area contributed by atoms with E-state index in [-0.39, 0.29) is 11.8 Å². The highest BCUT2D eigenvalue weighted by atomic mass is 32.1. The molecule has 1 N–H and O–H groups in total. The van der Waals surface area contributed by atoms with E-state index < -0.39 is 0 Å². The van der Waals surface area contributed by atoms with Gasteiger partial charge in [-0.05, 0) is 17.9 Å². The summed E-state index contributed by atoms with van der Waals surface area (Å²) in [7, 11) is 0. The summed E-state index contributed by atoms with van der Waals surface area (Å²) in [6.45, 7) is 4.63. The molecule has 3 aromatic heterocycles. The van der Waals surface area contributed by atoms with Crippen LogP contribution in [0.4, 0.5) is 0 Å². The zero-order valence-electron chi connectivity index (χ0n) is 14.2. The van der Waals surface area contributed by atoms with Crippen molar-refractivity contribution in [2.45, 2.75) is 39.0 Å². The van der Waals surface area contributed by atoms with Gasteiger partial charge in [0.25, 0.3) is 0 Å². The monoisotopic (exact) mass is 376 g/mol. The second kappa shape index (κ2) is 8.35. The van der Waals surface area contributed by atoms with Crippen molar-refractivity contribution < 1.29 is 9.32 Å². The second-order valence-electron chi connectivity index (χ2n) is 5.99. The lowest BCUT2D eigenvalue weighted by Gasteiger charge is -2.02. The maximum absolute atomic E-state index is 12.0. The Morgan fingerprint density at radius 1 is 1.32 bits per heavy atom. The average molecular weight is 377 g/mol. The molecule has 1 amide bonds. The van der Waals surface area contributed by atoms with E-state index >= 15 is 0 Å². The Bertz CT molecular complexity index is 808. The number of carbonyl (C=O) groups is 1. The molecule has 25 heavy (non-hydrogen) atoms. The lowest BCUT2D eigenvalue weighted by Crippen LogP contribution is -2.26. The molecule has 0 unspecified atom stereocenters. The predicted octanol–water partition coefficient (Wildman–Crippen LogP) is 3.67. The third kappa shape index (κ3) is 4.96. The Balaban J connectivity index is 1.39. The van der Waals surface area contributed by atoms with E-state index in [1.807, 2.05) is 30.7 Å². The van der Waals surface area contributed by atoms with Crippen molar-refractivity contribution in [2.75, 3.05) is 6.54 Å². The van der Waals surface area contributed by atoms with Crippen molar-refractivity contribution in [1.29, 1.82) is 0 Å². The maximum Gasteiger partial charge on any atom is 0.226 e. The smallest absolute Gasteiger partial charge is 0.226 e. The summed E-state index contributed by atoms with van der Waals surface area (Å²) in [6, 6.07) is 2.04. The van der Waals surface area contributed by atoms with Crippen LogP contribution in [0.3, 0.4) is 0 Å². The fourth-order valence-electron chi connectivity index (χ4n) is 2.21. The summed E-state index contributed by atoms with van der Waals surface area (Å²) in [6.07, 6.45) is 1.74. The zero-order valence-corrected chi connectivity index (χ0v) is 15.8. The van der Waals surface area contributed by atoms with Gasteiger partial charge in [0.1, 0.15) is 5.01 Å². The van der Waals surface area contributed by atoms with Crippen LogP contribution in [0.2, 0.25) is 0 Å². The SMILES string of the molecule is CC(C)c1noc(CCCNC(=O)Cc2csc(-c3ccsc3)n2)n1. The highest BCUT2D eigenvalue weighted by Gasteiger charge is 2.11. The Kier molecular flexibility index (Phi) is 5.93. The molecule has 132 valence electrons. The molecular weight excluding hydrogens is 356 g/mol. The van der Waals surface area contributed by atoms with Crippen molar-refractivity contribution in [3.8, 4) is 10.6 Å². The Labute approximate surface area is 154 Å². The van der Waals surface area contributed by atoms with E-state index in [0.717, 1.165) is 28.5 Å². The molecule has 0 atom stereocenters. The van der Waals surface area contributed by atoms with Gasteiger partial charge in [-0.25, -0.2) is 4.98 Å². The van der Waals surface area contributed by atoms with E-state index in [2.05, 4.69) is 25.8 Å². The number of amides is 1. The zero-order chi connectivity index (χ0) is 17.6. The maximum atomic E-state index is 12.0. The normalized spacial score (nSPS) is 11.2. The minimum Gasteiger partial charge on any atom is -0.356 e. The van der Waals surface area contributed by atoms with Crippen LogP contribution in [0.15, 0.2) is 26.7 Å². The van der Waals surface area contributed by atoms with Crippen molar-refractivity contribution in [1.82, 2.24) is 20.4 Å². The summed E-state index contributed by atoms with van der Waals surface area (Å²) < 4.78 is 5.19. The Morgan fingerprint density at radius 3 is 2.92 bits per heavy atom. The van der Waals surface area contributed by atoms with Crippen LogP contribution in [0.25, 0.3) is 10.6 Å². The second-order valence-corrected chi connectivity index (χ2v) is 7.63. The lowest BCUT2D eigenvalue weighted by molar-refractivity contribution is -0.120. The summed E-state index contributed by atoms with van der Waals surface area (Å²) in [5.74, 6) is 1.59. The van der Waals surface area contributed by atoms with Crippen molar-refractivity contribution >= 4 is 28.6 Å². The minimum absolute atomic E-state index is 0.0180. The first-order valence-electron chi connectivity index (χ1n) is 8.18. The topological polar surface area (TPSA) is 80.9 Å². The van der Waals surface area contributed by atoms with Gasteiger partial charge < -0.3 is 9.84 Å². The highest BCUT2D eigenvalue weighted by molar-refractivity contribution is 7.14. The largest absolute Gasteiger partial charge is 0.356 e. The number of hydrogen-bond acceptors (Lipinski definition) is 7. The van der Waals surface area contributed by atoms with Gasteiger partial charge in [0.2, 0.25) is 11.8 Å². The minimum atomic E-state index is -0.0180. The molecule has 0 saturated heterocycles. The number of carbonyl (C=O) groups excluding carboxylic acids is 1. The molecule has 3 aromatic rings. The first-order valence-corrected chi connectivity index (χ1v) is 10.00. The molecule has 3 heterocycles. The number of thiophene rings is 1. The van der Waals surface area contributed by atoms with Crippen molar-refractivity contribution in [3.63, 3.8) is 0 Å². The molecule has 0 aliphatic rings. The molecular formula is C17H20N4O2S2. The molecule has 0 spiro atoms. The molecule has 0 aromatic carbocycles. The van der Waals surface area contributed by atoms with Crippen LogP contribution in [-0.4, -0.2) is 27.6 Å². The third-order valence-electron chi connectivity index (χ3n) is 3.55. The molecule has 0 radical (unpaired) electrons. The first kappa shape index (κ1) is 17.8. The van der Waals surface area contributed by atoms with Crippen LogP contribution in [0.5, 0.6) is 0 Å². The molecule has 0 bridgehead atoms. The van der Waals surface area contributed by atoms with E-state index in [0.29, 0.717) is 25.3 Å². The van der Waals surface area contributed by atoms with Crippen molar-refractivity contribution in [2.24, 2.45) is 0 Å². The predicted molar refractivity (Wildman–Crippen MR) is 98.8 cm³/mol. The van der Waals surface area contributed by atoms with E-state index in [1.54, 1.807) is 22.7 Å². The number of aryl methyl sites for hydroxylation is 1. The first-order chi connectivity index (χ1) is 12.1. The fraction of sp³-hybridized carbons (Fsp3) is 0.412. The molecule has 0 saturated carbocycles. The molecule has 3 rings (SSSR count). The molecule has 8 heteroatoms. The van der Waals surface area contributed by atoms with Crippen LogP contribution >= 0.6 is 22.7 Å². The number of nitrogens with zero attached hydrogens (tertiary/aromatic N) is 3. The quantitative estimate of drug-likeness (QED) is 0.607. The van der Waals surface area contributed by atoms with Crippen LogP contribution in [0, 0.1) is 0 Å². The Hall–Kier alpha value is -2.06. The van der Waals surface area contributed by atoms with Gasteiger partial charge in [-0.15, -0.1) is 11.3 Å². The number of hydrogen-bond donors (Lipinski definition) is 1. The molecule has 0 aliphatic carbocycles. The molecule has 6 nitrogen and oxygen atoms in total. The number of aromatic nitrogens is 3. The summed E-state index contributed by atoms with van der Waals surface area (Å²) in [5.41, 5.74) is 1.92. The number of thiazole rings is 1. The van der Waals surface area contributed by atoms with Gasteiger partial charge >= 0.3 is 0 Å². The summed E-state index contributed by atoms with van der Waals surface area (Å²) in [4.78, 5) is 20.9. The summed E-state index contributed by atoms with van der Waals surface area (Å²) in [5, 5.41) is 13.8. The van der Waals surface area contributed by atoms with Crippen LogP contribution in [0.1, 0.15) is 43.6 Å². The van der Waals surface area contributed by atoms with Gasteiger partial charge in [-0.1, -0.05) is 19.0 Å². The molecule has 0 fully saturated rings. The van der Waals surface area contributed by atoms with Gasteiger partial charge in [0.05, 0.1) is 12.1 Å². The van der Waals surface area contributed by atoms with Gasteiger partial charge in [0.15, 0.2) is 5.82 Å². The fourth-order valence-corrected chi connectivity index (χ4v) is 3.74. The molecule has 0 aliphatic heterocycles. The Morgan fingerprint density at radius 2 is 2.20 bits per heavy atom. The highest BCUT2D eigenvalue weighted by Crippen LogP contribution is 2.25. The standard InChI is InChI=1S/C17H20N4O2S2/c1-11(2)16-20-15(23-21-16)4-3-6-18-14(22)8-13-10-25-17(19-13)12-5-7-24-9-12/h5,7,9-11H,3-4,6,8H2,1-2H3,(H,18,22). The number of rotatable bonds is 8. The lowest BCUT2D eigenvalue weighted by atomic mass is 10.2. The van der Waals surface area contributed by atoms with E-state index in [1.165, 1.54) is 0 Å². The number of nitrogens with one attached hydrogen (secondary N) is 1. The average Bonchev–Trinajstić information content (AvgIpc) is 3.31. The van der Waals surface area contributed by atoms with Crippen molar-refractivity contribution in [3.05, 3.63) is 39.6 Å². The van der Waals surface area contributed by atoms with Crippen LogP contribution < -0.4 is 5.32 Å². The summed E-state index contributed by atoms with van der Waals surface area (Å²) >= 11 is 3.21. The van der Waals surface area contributed by atoms with E-state index in [4.69, 9.17) is 4.52 Å². The van der Waals surface area contributed by atoms with Gasteiger partial charge in [-0.3, -0.25) is 4.79 Å². The van der Waals surface area contributed by atoms with Crippen LogP contribution in [-0.2, 0) is 17.6 Å². The van der Waals surface area contributed by atoms with E-state index in [9.17, 15) is 4.79 Å². The third-order valence-corrected chi connectivity index (χ3v) is 5.17.